The fourth-order valence-electron chi connectivity index (χ4n) is 10.7. The maximum atomic E-state index is 15.6. The van der Waals surface area contributed by atoms with Crippen molar-refractivity contribution in [3.05, 3.63) is 29.8 Å². The lowest BCUT2D eigenvalue weighted by Crippen LogP contribution is -2.65. The Balaban J connectivity index is 1.28. The van der Waals surface area contributed by atoms with Gasteiger partial charge in [-0.2, -0.15) is 13.2 Å². The van der Waals surface area contributed by atoms with Crippen LogP contribution in [0.5, 0.6) is 0 Å². The van der Waals surface area contributed by atoms with E-state index in [-0.39, 0.29) is 58.7 Å². The van der Waals surface area contributed by atoms with Gasteiger partial charge in [0.05, 0.1) is 22.7 Å². The molecule has 1 amide bonds. The molecule has 3 N–H and O–H groups in total. The standard InChI is InChI=1S/C33H47F4NO5S/c1-5-19-28-29(34)24(39)15-17-32(28,4)23-14-16-31(3)20(11-12-22(31)27(23)30(19)41)18(2)10-13-26(40)38-44(42,43)25-9-7-6-8-21(25)33(35,36)37/h6-9,18-20,22-24,27-30,39,41H,5,10-17H2,1-4H3,(H,38,40)/t18-,19-,20-,22+,23+,24-,27+,28-,29+,30-,31-,32-/m1/s1. The number of carbonyl (C=O) groups excluding carboxylic acids is 1. The van der Waals surface area contributed by atoms with E-state index in [0.717, 1.165) is 44.2 Å². The van der Waals surface area contributed by atoms with Crippen molar-refractivity contribution in [2.45, 2.75) is 115 Å². The molecule has 1 aromatic carbocycles. The Labute approximate surface area is 258 Å². The molecule has 0 aromatic heterocycles. The summed E-state index contributed by atoms with van der Waals surface area (Å²) in [5, 5.41) is 22.2. The van der Waals surface area contributed by atoms with Crippen molar-refractivity contribution in [1.82, 2.24) is 4.72 Å². The summed E-state index contributed by atoms with van der Waals surface area (Å²) in [6.07, 6.45) is -2.20. The lowest BCUT2D eigenvalue weighted by molar-refractivity contribution is -0.222. The number of sulfonamides is 1. The van der Waals surface area contributed by atoms with Crippen LogP contribution in [0.4, 0.5) is 17.6 Å². The summed E-state index contributed by atoms with van der Waals surface area (Å²) in [5.74, 6) is -0.741. The van der Waals surface area contributed by atoms with E-state index in [4.69, 9.17) is 0 Å². The molecule has 0 unspecified atom stereocenters. The van der Waals surface area contributed by atoms with Gasteiger partial charge in [0.25, 0.3) is 10.0 Å². The Morgan fingerprint density at radius 1 is 1.05 bits per heavy atom. The molecule has 0 bridgehead atoms. The first kappa shape index (κ1) is 33.6. The molecule has 4 saturated carbocycles. The van der Waals surface area contributed by atoms with E-state index in [0.29, 0.717) is 25.3 Å². The lowest BCUT2D eigenvalue weighted by Gasteiger charge is -2.65. The third-order valence-corrected chi connectivity index (χ3v) is 14.1. The molecular weight excluding hydrogens is 598 g/mol. The number of amides is 1. The maximum Gasteiger partial charge on any atom is 0.417 e. The predicted octanol–water partition coefficient (Wildman–Crippen LogP) is 6.50. The van der Waals surface area contributed by atoms with Crippen LogP contribution in [0.2, 0.25) is 0 Å². The van der Waals surface area contributed by atoms with Crippen molar-refractivity contribution in [2.75, 3.05) is 0 Å². The number of rotatable bonds is 7. The van der Waals surface area contributed by atoms with E-state index in [2.05, 4.69) is 13.8 Å². The van der Waals surface area contributed by atoms with E-state index in [9.17, 15) is 36.6 Å². The Morgan fingerprint density at radius 3 is 2.34 bits per heavy atom. The third kappa shape index (κ3) is 5.50. The number of carbonyl (C=O) groups is 1. The molecule has 6 nitrogen and oxygen atoms in total. The summed E-state index contributed by atoms with van der Waals surface area (Å²) < 4.78 is 83.1. The number of aliphatic hydroxyl groups excluding tert-OH is 2. The molecule has 0 radical (unpaired) electrons. The van der Waals surface area contributed by atoms with Gasteiger partial charge >= 0.3 is 6.18 Å². The highest BCUT2D eigenvalue weighted by Gasteiger charge is 2.66. The van der Waals surface area contributed by atoms with Crippen LogP contribution in [0.3, 0.4) is 0 Å². The molecule has 0 saturated heterocycles. The summed E-state index contributed by atoms with van der Waals surface area (Å²) in [6, 6.07) is 3.79. The van der Waals surface area contributed by atoms with Crippen molar-refractivity contribution >= 4 is 15.9 Å². The number of halogens is 4. The van der Waals surface area contributed by atoms with E-state index < -0.39 is 50.9 Å². The van der Waals surface area contributed by atoms with Gasteiger partial charge in [-0.3, -0.25) is 4.79 Å². The van der Waals surface area contributed by atoms with Crippen molar-refractivity contribution in [2.24, 2.45) is 52.3 Å². The number of alkyl halides is 4. The molecular formula is C33H47F4NO5S. The van der Waals surface area contributed by atoms with Crippen molar-refractivity contribution in [1.29, 1.82) is 0 Å². The van der Waals surface area contributed by atoms with Crippen LogP contribution in [-0.2, 0) is 21.0 Å². The van der Waals surface area contributed by atoms with Gasteiger partial charge in [-0.05, 0) is 103 Å². The largest absolute Gasteiger partial charge is 0.417 e. The van der Waals surface area contributed by atoms with Gasteiger partial charge in [0.15, 0.2) is 0 Å². The van der Waals surface area contributed by atoms with Gasteiger partial charge in [0, 0.05) is 12.3 Å². The maximum absolute atomic E-state index is 15.6. The Morgan fingerprint density at radius 2 is 1.68 bits per heavy atom. The molecule has 44 heavy (non-hydrogen) atoms. The average Bonchev–Trinajstić information content (AvgIpc) is 3.31. The topological polar surface area (TPSA) is 104 Å². The van der Waals surface area contributed by atoms with Crippen LogP contribution in [0.25, 0.3) is 0 Å². The highest BCUT2D eigenvalue weighted by atomic mass is 32.2. The van der Waals surface area contributed by atoms with E-state index >= 15 is 4.39 Å². The number of hydrogen-bond acceptors (Lipinski definition) is 5. The molecule has 11 heteroatoms. The van der Waals surface area contributed by atoms with Crippen molar-refractivity contribution < 1.29 is 41.0 Å². The SMILES string of the molecule is CC[C@H]1[C@@H](O)[C@@H]2[C@H](CC[C@]3(C)[C@@H]([C@H](C)CCC(=O)NS(=O)(=O)c4ccccc4C(F)(F)F)CC[C@@H]23)[C@@]2(C)CC[C@@H](O)[C@H](F)[C@@H]12. The Kier molecular flexibility index (Phi) is 9.04. The first-order chi connectivity index (χ1) is 20.5. The van der Waals surface area contributed by atoms with Gasteiger partial charge in [-0.25, -0.2) is 17.5 Å². The van der Waals surface area contributed by atoms with Crippen LogP contribution in [0.1, 0.15) is 91.0 Å². The molecule has 0 spiro atoms. The number of aliphatic hydroxyl groups is 2. The van der Waals surface area contributed by atoms with Gasteiger partial charge < -0.3 is 10.2 Å². The number of benzene rings is 1. The summed E-state index contributed by atoms with van der Waals surface area (Å²) >= 11 is 0. The second-order valence-electron chi connectivity index (χ2n) is 14.7. The van der Waals surface area contributed by atoms with E-state index in [1.165, 1.54) is 6.07 Å². The first-order valence-corrected chi connectivity index (χ1v) is 17.7. The van der Waals surface area contributed by atoms with Crippen molar-refractivity contribution in [3.8, 4) is 0 Å². The van der Waals surface area contributed by atoms with Crippen LogP contribution in [-0.4, -0.2) is 42.9 Å². The fraction of sp³-hybridized carbons (Fsp3) is 0.788. The second-order valence-corrected chi connectivity index (χ2v) is 16.4. The minimum absolute atomic E-state index is 0.0294. The molecule has 12 atom stereocenters. The monoisotopic (exact) mass is 645 g/mol. The number of nitrogens with one attached hydrogen (secondary N) is 1. The molecule has 1 aromatic rings. The van der Waals surface area contributed by atoms with Gasteiger partial charge in [-0.1, -0.05) is 46.2 Å². The van der Waals surface area contributed by atoms with E-state index in [1.54, 1.807) is 0 Å². The zero-order valence-electron chi connectivity index (χ0n) is 26.0. The van der Waals surface area contributed by atoms with Crippen LogP contribution < -0.4 is 4.72 Å². The number of hydrogen-bond donors (Lipinski definition) is 3. The lowest BCUT2D eigenvalue weighted by atomic mass is 9.41. The Hall–Kier alpha value is -1.72. The second kappa shape index (κ2) is 11.8. The quantitative estimate of drug-likeness (QED) is 0.294. The van der Waals surface area contributed by atoms with Crippen LogP contribution in [0, 0.1) is 52.3 Å². The Bertz CT molecular complexity index is 1340. The summed E-state index contributed by atoms with van der Waals surface area (Å²) in [7, 11) is -4.71. The molecule has 0 aliphatic heterocycles. The van der Waals surface area contributed by atoms with Gasteiger partial charge in [0.2, 0.25) is 5.91 Å². The predicted molar refractivity (Wildman–Crippen MR) is 157 cm³/mol. The van der Waals surface area contributed by atoms with Crippen LogP contribution >= 0.6 is 0 Å². The zero-order chi connectivity index (χ0) is 32.4. The van der Waals surface area contributed by atoms with Gasteiger partial charge in [0.1, 0.15) is 6.17 Å². The number of fused-ring (bicyclic) bond motifs is 5. The normalized spacial score (nSPS) is 41.3. The molecule has 248 valence electrons. The minimum atomic E-state index is -4.89. The highest BCUT2D eigenvalue weighted by Crippen LogP contribution is 2.69. The molecule has 5 rings (SSSR count). The first-order valence-electron chi connectivity index (χ1n) is 16.2. The van der Waals surface area contributed by atoms with E-state index in [1.807, 2.05) is 18.6 Å². The fourth-order valence-corrected chi connectivity index (χ4v) is 11.9. The summed E-state index contributed by atoms with van der Waals surface area (Å²) in [4.78, 5) is 11.8. The molecule has 4 aliphatic carbocycles. The minimum Gasteiger partial charge on any atom is -0.393 e. The van der Waals surface area contributed by atoms with Crippen molar-refractivity contribution in [3.63, 3.8) is 0 Å². The summed E-state index contributed by atoms with van der Waals surface area (Å²) in [5.41, 5.74) is -1.72. The highest BCUT2D eigenvalue weighted by molar-refractivity contribution is 7.90. The summed E-state index contributed by atoms with van der Waals surface area (Å²) in [6.45, 7) is 8.49. The third-order valence-electron chi connectivity index (χ3n) is 12.7. The smallest absolute Gasteiger partial charge is 0.393 e. The van der Waals surface area contributed by atoms with Crippen LogP contribution in [0.15, 0.2) is 29.2 Å². The van der Waals surface area contributed by atoms with Gasteiger partial charge in [-0.15, -0.1) is 0 Å². The zero-order valence-corrected chi connectivity index (χ0v) is 26.8. The molecule has 4 fully saturated rings. The molecule has 4 aliphatic rings. The average molecular weight is 646 g/mol. The molecule has 0 heterocycles.